The molecule has 31 heavy (non-hydrogen) atoms. The molecular weight excluding hydrogens is 396 g/mol. The summed E-state index contributed by atoms with van der Waals surface area (Å²) in [7, 11) is 0. The molecule has 6 nitrogen and oxygen atoms in total. The van der Waals surface area contributed by atoms with E-state index in [0.717, 1.165) is 24.0 Å². The Morgan fingerprint density at radius 1 is 1.19 bits per heavy atom. The van der Waals surface area contributed by atoms with Crippen molar-refractivity contribution < 1.29 is 29.3 Å². The van der Waals surface area contributed by atoms with Crippen molar-refractivity contribution in [2.24, 2.45) is 17.8 Å². The standard InChI is InChI=1S/C25H34O6/c1-13(2)11-18-20-16(5)17-8-7-14(3)25(17,29)22(27)21(20)23(6,30-18)9-10-24(28)15(4)12-19(26)31-24/h11-12,14,16-18,28-29H,7-10H2,1-6H3/t14-,16-,17-,18+,23-,24+,25-/m0/s1. The number of esters is 1. The minimum atomic E-state index is -1.69. The predicted molar refractivity (Wildman–Crippen MR) is 115 cm³/mol. The van der Waals surface area contributed by atoms with E-state index in [0.29, 0.717) is 11.1 Å². The van der Waals surface area contributed by atoms with Gasteiger partial charge >= 0.3 is 5.97 Å². The van der Waals surface area contributed by atoms with Crippen molar-refractivity contribution in [2.45, 2.75) is 90.3 Å². The highest BCUT2D eigenvalue weighted by Crippen LogP contribution is 2.58. The molecule has 170 valence electrons. The number of aliphatic hydroxyl groups is 2. The molecule has 1 fully saturated rings. The normalized spacial score (nSPS) is 44.2. The first-order valence-corrected chi connectivity index (χ1v) is 11.3. The molecule has 4 rings (SSSR count). The number of carbonyl (C=O) groups excluding carboxylic acids is 2. The maximum absolute atomic E-state index is 13.8. The fourth-order valence-corrected chi connectivity index (χ4v) is 6.22. The summed E-state index contributed by atoms with van der Waals surface area (Å²) in [6.07, 6.45) is 5.00. The fraction of sp³-hybridized carbons (Fsp3) is 0.680. The van der Waals surface area contributed by atoms with Gasteiger partial charge in [0.15, 0.2) is 5.78 Å². The summed E-state index contributed by atoms with van der Waals surface area (Å²) in [6, 6.07) is 0. The van der Waals surface area contributed by atoms with Crippen molar-refractivity contribution in [3.8, 4) is 0 Å². The topological polar surface area (TPSA) is 93.1 Å². The van der Waals surface area contributed by atoms with E-state index in [9.17, 15) is 19.8 Å². The molecule has 0 unspecified atom stereocenters. The smallest absolute Gasteiger partial charge is 0.333 e. The molecular formula is C25H34O6. The number of carbonyl (C=O) groups is 2. The molecule has 0 saturated heterocycles. The van der Waals surface area contributed by atoms with E-state index in [-0.39, 0.29) is 42.5 Å². The Morgan fingerprint density at radius 2 is 1.87 bits per heavy atom. The summed E-state index contributed by atoms with van der Waals surface area (Å²) in [6.45, 7) is 11.5. The number of rotatable bonds is 4. The van der Waals surface area contributed by atoms with E-state index in [1.165, 1.54) is 6.08 Å². The summed E-state index contributed by atoms with van der Waals surface area (Å²) in [4.78, 5) is 25.5. The number of hydrogen-bond donors (Lipinski definition) is 2. The monoisotopic (exact) mass is 430 g/mol. The zero-order valence-electron chi connectivity index (χ0n) is 19.3. The number of fused-ring (bicyclic) bond motifs is 1. The van der Waals surface area contributed by atoms with Gasteiger partial charge in [0, 0.05) is 29.6 Å². The summed E-state index contributed by atoms with van der Waals surface area (Å²) in [5.41, 5.74) is 0.662. The largest absolute Gasteiger partial charge is 0.426 e. The van der Waals surface area contributed by atoms with Crippen LogP contribution in [-0.4, -0.2) is 45.1 Å². The minimum Gasteiger partial charge on any atom is -0.426 e. The highest BCUT2D eigenvalue weighted by Gasteiger charge is 2.64. The van der Waals surface area contributed by atoms with Crippen LogP contribution >= 0.6 is 0 Å². The van der Waals surface area contributed by atoms with Crippen molar-refractivity contribution in [1.29, 1.82) is 0 Å². The van der Waals surface area contributed by atoms with E-state index in [4.69, 9.17) is 9.47 Å². The van der Waals surface area contributed by atoms with Crippen molar-refractivity contribution in [3.63, 3.8) is 0 Å². The average molecular weight is 431 g/mol. The predicted octanol–water partition coefficient (Wildman–Crippen LogP) is 3.37. The van der Waals surface area contributed by atoms with Gasteiger partial charge in [-0.25, -0.2) is 4.79 Å². The van der Waals surface area contributed by atoms with E-state index in [1.807, 2.05) is 33.8 Å². The molecule has 0 aromatic rings. The number of hydrogen-bond acceptors (Lipinski definition) is 6. The van der Waals surface area contributed by atoms with Gasteiger partial charge < -0.3 is 19.7 Å². The number of ketones is 1. The maximum Gasteiger partial charge on any atom is 0.333 e. The molecule has 0 aromatic carbocycles. The Balaban J connectivity index is 1.75. The third kappa shape index (κ3) is 3.18. The van der Waals surface area contributed by atoms with Crippen LogP contribution < -0.4 is 0 Å². The van der Waals surface area contributed by atoms with Gasteiger partial charge in [0.2, 0.25) is 5.79 Å². The maximum atomic E-state index is 13.8. The average Bonchev–Trinajstić information content (AvgIpc) is 3.22. The van der Waals surface area contributed by atoms with Gasteiger partial charge in [-0.1, -0.05) is 25.5 Å². The number of Topliss-reactive ketones (excluding diaryl/α,β-unsaturated/α-hetero) is 1. The molecule has 2 heterocycles. The van der Waals surface area contributed by atoms with Gasteiger partial charge in [0.1, 0.15) is 5.60 Å². The summed E-state index contributed by atoms with van der Waals surface area (Å²) in [5.74, 6) is -2.71. The number of cyclic esters (lactones) is 1. The Bertz CT molecular complexity index is 924. The lowest BCUT2D eigenvalue weighted by Gasteiger charge is -2.43. The highest BCUT2D eigenvalue weighted by molar-refractivity contribution is 6.06. The molecule has 4 aliphatic rings. The van der Waals surface area contributed by atoms with E-state index < -0.39 is 23.0 Å². The third-order valence-electron chi connectivity index (χ3n) is 8.07. The molecule has 0 bridgehead atoms. The Kier molecular flexibility index (Phi) is 5.15. The van der Waals surface area contributed by atoms with Gasteiger partial charge in [0.25, 0.3) is 0 Å². The first-order valence-electron chi connectivity index (χ1n) is 11.3. The van der Waals surface area contributed by atoms with Crippen LogP contribution in [0, 0.1) is 17.8 Å². The lowest BCUT2D eigenvalue weighted by molar-refractivity contribution is -0.186. The Hall–Kier alpha value is -1.76. The second-order valence-electron chi connectivity index (χ2n) is 10.4. The molecule has 2 aliphatic carbocycles. The van der Waals surface area contributed by atoms with Crippen LogP contribution in [0.3, 0.4) is 0 Å². The van der Waals surface area contributed by atoms with E-state index in [2.05, 4.69) is 6.92 Å². The summed E-state index contributed by atoms with van der Waals surface area (Å²) in [5, 5.41) is 22.4. The molecule has 1 saturated carbocycles. The summed E-state index contributed by atoms with van der Waals surface area (Å²) < 4.78 is 11.7. The molecule has 0 aromatic heterocycles. The first kappa shape index (κ1) is 22.4. The Labute approximate surface area is 184 Å². The number of allylic oxidation sites excluding steroid dienone is 1. The SMILES string of the molecule is CC(C)=C[C@H]1O[C@@](C)(CC[C@@]2(O)OC(=O)C=C2C)C2=C1[C@@H](C)[C@@H]1CC[C@H](C)[C@@]1(O)C2=O. The van der Waals surface area contributed by atoms with E-state index >= 15 is 0 Å². The van der Waals surface area contributed by atoms with Crippen LogP contribution in [0.5, 0.6) is 0 Å². The van der Waals surface area contributed by atoms with Gasteiger partial charge in [-0.15, -0.1) is 0 Å². The molecule has 0 radical (unpaired) electrons. The van der Waals surface area contributed by atoms with Crippen LogP contribution in [0.15, 0.2) is 34.4 Å². The second-order valence-corrected chi connectivity index (χ2v) is 10.4. The van der Waals surface area contributed by atoms with Crippen LogP contribution in [-0.2, 0) is 19.1 Å². The Morgan fingerprint density at radius 3 is 2.45 bits per heavy atom. The first-order chi connectivity index (χ1) is 14.3. The van der Waals surface area contributed by atoms with Gasteiger partial charge in [0.05, 0.1) is 11.7 Å². The quantitative estimate of drug-likeness (QED) is 0.525. The fourth-order valence-electron chi connectivity index (χ4n) is 6.22. The van der Waals surface area contributed by atoms with Gasteiger partial charge in [-0.05, 0) is 64.4 Å². The molecule has 2 aliphatic heterocycles. The van der Waals surface area contributed by atoms with Crippen molar-refractivity contribution >= 4 is 11.8 Å². The molecule has 6 heteroatoms. The lowest BCUT2D eigenvalue weighted by Crippen LogP contribution is -2.55. The van der Waals surface area contributed by atoms with Crippen LogP contribution in [0.4, 0.5) is 0 Å². The molecule has 7 atom stereocenters. The summed E-state index contributed by atoms with van der Waals surface area (Å²) >= 11 is 0. The molecule has 0 amide bonds. The minimum absolute atomic E-state index is 0.0131. The van der Waals surface area contributed by atoms with Crippen molar-refractivity contribution in [1.82, 2.24) is 0 Å². The zero-order valence-corrected chi connectivity index (χ0v) is 19.3. The van der Waals surface area contributed by atoms with Crippen molar-refractivity contribution in [2.75, 3.05) is 0 Å². The molecule has 0 spiro atoms. The van der Waals surface area contributed by atoms with E-state index in [1.54, 1.807) is 6.92 Å². The highest BCUT2D eigenvalue weighted by atomic mass is 16.7. The van der Waals surface area contributed by atoms with Crippen LogP contribution in [0.2, 0.25) is 0 Å². The van der Waals surface area contributed by atoms with Gasteiger partial charge in [-0.3, -0.25) is 4.79 Å². The number of ether oxygens (including phenoxy) is 2. The van der Waals surface area contributed by atoms with Gasteiger partial charge in [-0.2, -0.15) is 0 Å². The third-order valence-corrected chi connectivity index (χ3v) is 8.07. The van der Waals surface area contributed by atoms with Crippen molar-refractivity contribution in [3.05, 3.63) is 34.4 Å². The lowest BCUT2D eigenvalue weighted by atomic mass is 9.62. The van der Waals surface area contributed by atoms with Crippen LogP contribution in [0.25, 0.3) is 0 Å². The molecule has 2 N–H and O–H groups in total. The van der Waals surface area contributed by atoms with Crippen LogP contribution in [0.1, 0.15) is 67.2 Å². The zero-order chi connectivity index (χ0) is 22.9. The second kappa shape index (κ2) is 7.12.